The van der Waals surface area contributed by atoms with Gasteiger partial charge in [0.25, 0.3) is 0 Å². The topological polar surface area (TPSA) is 32.6 Å². The summed E-state index contributed by atoms with van der Waals surface area (Å²) in [6, 6.07) is 0. The third kappa shape index (κ3) is 3.74. The zero-order valence-electron chi connectivity index (χ0n) is 22.1. The lowest BCUT2D eigenvalue weighted by Crippen LogP contribution is -2.60. The Morgan fingerprint density at radius 3 is 2.39 bits per heavy atom. The molecule has 5 fully saturated rings. The summed E-state index contributed by atoms with van der Waals surface area (Å²) < 4.78 is 0. The number of alkyl halides is 1. The molecule has 0 saturated heterocycles. The number of hydrogen-bond donors (Lipinski definition) is 1. The highest BCUT2D eigenvalue weighted by molar-refractivity contribution is 6.35. The number of nitrogens with zero attached hydrogens (tertiary/aromatic N) is 1. The quantitative estimate of drug-likeness (QED) is 0.240. The summed E-state index contributed by atoms with van der Waals surface area (Å²) in [5.41, 5.74) is 2.17. The second-order valence-electron chi connectivity index (χ2n) is 14.4. The van der Waals surface area contributed by atoms with Crippen LogP contribution in [0.4, 0.5) is 0 Å². The van der Waals surface area contributed by atoms with Crippen LogP contribution in [-0.4, -0.2) is 16.3 Å². The van der Waals surface area contributed by atoms with Crippen LogP contribution in [0.3, 0.4) is 0 Å². The summed E-state index contributed by atoms with van der Waals surface area (Å²) >= 11 is 6.76. The van der Waals surface area contributed by atoms with Crippen LogP contribution < -0.4 is 0 Å². The zero-order valence-corrected chi connectivity index (χ0v) is 22.8. The second kappa shape index (κ2) is 8.70. The lowest BCUT2D eigenvalue weighted by Gasteiger charge is -2.64. The van der Waals surface area contributed by atoms with Gasteiger partial charge in [-0.25, -0.2) is 0 Å². The van der Waals surface area contributed by atoms with Crippen molar-refractivity contribution in [1.82, 2.24) is 0 Å². The molecule has 1 unspecified atom stereocenters. The second-order valence-corrected chi connectivity index (χ2v) is 14.8. The molecule has 0 heterocycles. The van der Waals surface area contributed by atoms with Crippen LogP contribution >= 0.6 is 11.6 Å². The number of hydrogen-bond acceptors (Lipinski definition) is 2. The maximum atomic E-state index is 9.25. The molecular formula is C30H50ClNO. The Kier molecular flexibility index (Phi) is 6.45. The molecular weight excluding hydrogens is 426 g/mol. The van der Waals surface area contributed by atoms with E-state index in [0.717, 1.165) is 53.6 Å². The van der Waals surface area contributed by atoms with Gasteiger partial charge in [0.1, 0.15) is 0 Å². The van der Waals surface area contributed by atoms with Crippen LogP contribution in [0.1, 0.15) is 118 Å². The fourth-order valence-corrected chi connectivity index (χ4v) is 11.0. The Morgan fingerprint density at radius 1 is 0.939 bits per heavy atom. The minimum absolute atomic E-state index is 0.0211. The first-order chi connectivity index (χ1) is 15.6. The van der Waals surface area contributed by atoms with E-state index in [1.807, 2.05) is 0 Å². The summed E-state index contributed by atoms with van der Waals surface area (Å²) in [5.74, 6) is 6.40. The number of fused-ring (bicyclic) bond motifs is 5. The van der Waals surface area contributed by atoms with Gasteiger partial charge in [-0.05, 0) is 122 Å². The highest BCUT2D eigenvalue weighted by Gasteiger charge is 2.64. The maximum absolute atomic E-state index is 9.25. The van der Waals surface area contributed by atoms with Gasteiger partial charge in [-0.15, -0.1) is 11.6 Å². The number of oxime groups is 1. The van der Waals surface area contributed by atoms with E-state index in [2.05, 4.69) is 39.8 Å². The van der Waals surface area contributed by atoms with Crippen LogP contribution in [0.25, 0.3) is 0 Å². The van der Waals surface area contributed by atoms with Crippen LogP contribution in [0.15, 0.2) is 5.16 Å². The zero-order chi connectivity index (χ0) is 23.6. The maximum Gasteiger partial charge on any atom is 0.0811 e. The largest absolute Gasteiger partial charge is 0.411 e. The van der Waals surface area contributed by atoms with E-state index < -0.39 is 0 Å². The summed E-state index contributed by atoms with van der Waals surface area (Å²) in [7, 11) is 0. The summed E-state index contributed by atoms with van der Waals surface area (Å²) in [4.78, 5) is 0. The van der Waals surface area contributed by atoms with Gasteiger partial charge in [0, 0.05) is 0 Å². The number of rotatable bonds is 5. The van der Waals surface area contributed by atoms with Crippen molar-refractivity contribution >= 4 is 17.3 Å². The van der Waals surface area contributed by atoms with E-state index >= 15 is 0 Å². The summed E-state index contributed by atoms with van der Waals surface area (Å²) in [6.07, 6.45) is 17.9. The summed E-state index contributed by atoms with van der Waals surface area (Å²) in [6.45, 7) is 12.7. The van der Waals surface area contributed by atoms with Gasteiger partial charge in [-0.2, -0.15) is 0 Å². The first-order valence-corrected chi connectivity index (χ1v) is 14.9. The average Bonchev–Trinajstić information content (AvgIpc) is 3.14. The Balaban J connectivity index is 1.28. The van der Waals surface area contributed by atoms with E-state index in [1.54, 1.807) is 0 Å². The first kappa shape index (κ1) is 24.5. The Morgan fingerprint density at radius 2 is 1.70 bits per heavy atom. The van der Waals surface area contributed by atoms with Crippen LogP contribution in [-0.2, 0) is 0 Å². The van der Waals surface area contributed by atoms with E-state index in [9.17, 15) is 5.21 Å². The van der Waals surface area contributed by atoms with Gasteiger partial charge in [0.2, 0.25) is 0 Å². The standard InChI is InChI=1S/C30H50ClNO/c1-19(2)7-6-8-20(3)23-11-12-24-22-10-9-21-17-30(18-26(32-33)27(30)31)16-15-28(21,4)25(22)13-14-29(23,24)5/h19-25,27,33H,6-18H2,1-5H3/b32-26+/t20-,21+,22+,23-,24+,25+,27?,28+,29-,30-/m1/s1. The lowest BCUT2D eigenvalue weighted by molar-refractivity contribution is -0.134. The van der Waals surface area contributed by atoms with E-state index in [1.165, 1.54) is 77.0 Å². The van der Waals surface area contributed by atoms with Crippen molar-refractivity contribution in [3.8, 4) is 0 Å². The molecule has 0 radical (unpaired) electrons. The molecule has 0 aromatic carbocycles. The van der Waals surface area contributed by atoms with Gasteiger partial charge >= 0.3 is 0 Å². The van der Waals surface area contributed by atoms with Crippen molar-refractivity contribution in [2.75, 3.05) is 0 Å². The van der Waals surface area contributed by atoms with Crippen molar-refractivity contribution in [3.63, 3.8) is 0 Å². The van der Waals surface area contributed by atoms with Crippen molar-refractivity contribution in [1.29, 1.82) is 0 Å². The molecule has 5 rings (SSSR count). The minimum atomic E-state index is -0.0211. The smallest absolute Gasteiger partial charge is 0.0811 e. The molecule has 188 valence electrons. The van der Waals surface area contributed by atoms with Gasteiger partial charge in [-0.1, -0.05) is 59.0 Å². The van der Waals surface area contributed by atoms with Gasteiger partial charge in [0.05, 0.1) is 11.1 Å². The molecule has 5 saturated carbocycles. The molecule has 0 aromatic rings. The molecule has 33 heavy (non-hydrogen) atoms. The van der Waals surface area contributed by atoms with Crippen molar-refractivity contribution in [2.45, 2.75) is 123 Å². The Labute approximate surface area is 208 Å². The van der Waals surface area contributed by atoms with Gasteiger partial charge in [0.15, 0.2) is 0 Å². The van der Waals surface area contributed by atoms with E-state index in [0.29, 0.717) is 10.8 Å². The fourth-order valence-electron chi connectivity index (χ4n) is 10.6. The third-order valence-corrected chi connectivity index (χ3v) is 13.3. The lowest BCUT2D eigenvalue weighted by atomic mass is 9.41. The molecule has 5 aliphatic carbocycles. The van der Waals surface area contributed by atoms with Gasteiger partial charge in [-0.3, -0.25) is 0 Å². The van der Waals surface area contributed by atoms with Crippen LogP contribution in [0.5, 0.6) is 0 Å². The average molecular weight is 476 g/mol. The third-order valence-electron chi connectivity index (χ3n) is 12.6. The molecule has 0 amide bonds. The SMILES string of the molecule is CC(C)CCC[C@@H](C)[C@H]1CC[C@H]2[C@@H]3CC[C@H]4C[C@]5(CC[C@]4(C)[C@H]3CC[C@]12C)C/C(=N\O)C5Cl. The van der Waals surface area contributed by atoms with Gasteiger partial charge < -0.3 is 5.21 Å². The molecule has 1 spiro atoms. The predicted octanol–water partition coefficient (Wildman–Crippen LogP) is 8.94. The fraction of sp³-hybridized carbons (Fsp3) is 0.967. The highest BCUT2D eigenvalue weighted by atomic mass is 35.5. The van der Waals surface area contributed by atoms with Crippen LogP contribution in [0, 0.1) is 57.7 Å². The van der Waals surface area contributed by atoms with E-state index in [4.69, 9.17) is 11.6 Å². The first-order valence-electron chi connectivity index (χ1n) is 14.5. The molecule has 2 nitrogen and oxygen atoms in total. The Hall–Kier alpha value is -0.240. The van der Waals surface area contributed by atoms with Crippen molar-refractivity contribution < 1.29 is 5.21 Å². The molecule has 0 bridgehead atoms. The van der Waals surface area contributed by atoms with Crippen LogP contribution in [0.2, 0.25) is 0 Å². The molecule has 10 atom stereocenters. The predicted molar refractivity (Wildman–Crippen MR) is 139 cm³/mol. The monoisotopic (exact) mass is 475 g/mol. The Bertz CT molecular complexity index is 764. The number of halogens is 1. The van der Waals surface area contributed by atoms with Crippen molar-refractivity contribution in [3.05, 3.63) is 0 Å². The molecule has 0 aliphatic heterocycles. The van der Waals surface area contributed by atoms with Crippen molar-refractivity contribution in [2.24, 2.45) is 62.8 Å². The molecule has 1 N–H and O–H groups in total. The molecule has 0 aromatic heterocycles. The normalized spacial score (nSPS) is 51.2. The minimum Gasteiger partial charge on any atom is -0.411 e. The molecule has 3 heteroatoms. The summed E-state index contributed by atoms with van der Waals surface area (Å²) in [5, 5.41) is 12.7. The highest BCUT2D eigenvalue weighted by Crippen LogP contribution is 2.71. The van der Waals surface area contributed by atoms with E-state index in [-0.39, 0.29) is 10.8 Å². The molecule has 5 aliphatic rings.